The van der Waals surface area contributed by atoms with Crippen LogP contribution in [0.25, 0.3) is 11.0 Å². The summed E-state index contributed by atoms with van der Waals surface area (Å²) in [5, 5.41) is 0.447. The van der Waals surface area contributed by atoms with Crippen molar-refractivity contribution in [3.8, 4) is 11.8 Å². The van der Waals surface area contributed by atoms with Crippen molar-refractivity contribution in [3.05, 3.63) is 28.9 Å². The molecule has 1 fully saturated rings. The van der Waals surface area contributed by atoms with Crippen LogP contribution in [0, 0.1) is 11.8 Å². The smallest absolute Gasteiger partial charge is 0.410 e. The van der Waals surface area contributed by atoms with Gasteiger partial charge in [-0.25, -0.2) is 9.78 Å². The highest BCUT2D eigenvalue weighted by atomic mass is 35.5. The molecule has 1 aliphatic rings. The first-order chi connectivity index (χ1) is 14.3. The van der Waals surface area contributed by atoms with Crippen molar-refractivity contribution in [2.75, 3.05) is 37.7 Å². The predicted octanol–water partition coefficient (Wildman–Crippen LogP) is 2.86. The zero-order valence-electron chi connectivity index (χ0n) is 17.1. The second-order valence-corrected chi connectivity index (χ2v) is 8.12. The number of carbonyl (C=O) groups is 2. The normalized spacial score (nSPS) is 14.1. The van der Waals surface area contributed by atoms with E-state index in [-0.39, 0.29) is 12.7 Å². The van der Waals surface area contributed by atoms with Gasteiger partial charge >= 0.3 is 6.09 Å². The first kappa shape index (κ1) is 21.7. The summed E-state index contributed by atoms with van der Waals surface area (Å²) < 4.78 is 9.98. The Kier molecular flexibility index (Phi) is 6.63. The zero-order chi connectivity index (χ0) is 21.7. The second kappa shape index (κ2) is 9.18. The molecule has 0 saturated carbocycles. The monoisotopic (exact) mass is 430 g/mol. The Morgan fingerprint density at radius 3 is 2.63 bits per heavy atom. The van der Waals surface area contributed by atoms with Crippen molar-refractivity contribution in [1.82, 2.24) is 14.9 Å². The summed E-state index contributed by atoms with van der Waals surface area (Å²) in [5.74, 6) is 6.29. The van der Waals surface area contributed by atoms with E-state index >= 15 is 0 Å². The summed E-state index contributed by atoms with van der Waals surface area (Å²) >= 11 is 6.31. The Balaban J connectivity index is 1.70. The van der Waals surface area contributed by atoms with E-state index in [1.165, 1.54) is 0 Å². The molecule has 1 saturated heterocycles. The number of nitrogens with zero attached hydrogens (tertiary/aromatic N) is 4. The van der Waals surface area contributed by atoms with E-state index < -0.39 is 5.60 Å². The number of carbonyl (C=O) groups excluding carboxylic acids is 2. The van der Waals surface area contributed by atoms with E-state index in [4.69, 9.17) is 16.3 Å². The van der Waals surface area contributed by atoms with Gasteiger partial charge in [-0.05, 0) is 32.9 Å². The minimum absolute atomic E-state index is 0.00223. The van der Waals surface area contributed by atoms with Crippen molar-refractivity contribution in [2.24, 2.45) is 0 Å². The lowest BCUT2D eigenvalue weighted by atomic mass is 10.2. The Labute approximate surface area is 180 Å². The lowest BCUT2D eigenvalue weighted by Crippen LogP contribution is -2.50. The van der Waals surface area contributed by atoms with Crippen LogP contribution < -0.4 is 4.90 Å². The molecule has 3 rings (SSSR count). The Hall–Kier alpha value is -3.05. The van der Waals surface area contributed by atoms with Crippen LogP contribution in [-0.4, -0.2) is 65.8 Å². The van der Waals surface area contributed by atoms with Gasteiger partial charge in [0.05, 0.1) is 22.3 Å². The largest absolute Gasteiger partial charge is 0.455 e. The van der Waals surface area contributed by atoms with E-state index in [2.05, 4.69) is 31.4 Å². The summed E-state index contributed by atoms with van der Waals surface area (Å²) in [5.41, 5.74) is 1.40. The lowest BCUT2D eigenvalue weighted by Gasteiger charge is -2.36. The first-order valence-corrected chi connectivity index (χ1v) is 9.88. The highest BCUT2D eigenvalue weighted by Gasteiger charge is 2.26. The summed E-state index contributed by atoms with van der Waals surface area (Å²) in [6.45, 7) is 8.27. The number of benzene rings is 1. The molecule has 2 heterocycles. The molecule has 0 aliphatic carbocycles. The van der Waals surface area contributed by atoms with Gasteiger partial charge in [0.1, 0.15) is 11.4 Å². The van der Waals surface area contributed by atoms with Crippen molar-refractivity contribution in [2.45, 2.75) is 26.4 Å². The zero-order valence-corrected chi connectivity index (χ0v) is 17.9. The molecule has 9 heteroatoms. The quantitative estimate of drug-likeness (QED) is 0.420. The topological polar surface area (TPSA) is 84.9 Å². The number of piperazine rings is 1. The Bertz CT molecular complexity index is 1000. The number of aromatic nitrogens is 2. The number of anilines is 1. The molecule has 0 unspecified atom stereocenters. The van der Waals surface area contributed by atoms with Crippen molar-refractivity contribution in [3.63, 3.8) is 0 Å². The summed E-state index contributed by atoms with van der Waals surface area (Å²) in [6.07, 6.45) is 1.40. The van der Waals surface area contributed by atoms with Crippen LogP contribution in [0.5, 0.6) is 0 Å². The first-order valence-electron chi connectivity index (χ1n) is 9.50. The van der Waals surface area contributed by atoms with Gasteiger partial charge in [0.15, 0.2) is 6.61 Å². The molecule has 30 heavy (non-hydrogen) atoms. The van der Waals surface area contributed by atoms with E-state index in [9.17, 15) is 9.59 Å². The van der Waals surface area contributed by atoms with E-state index in [0.717, 1.165) is 5.82 Å². The van der Waals surface area contributed by atoms with Crippen LogP contribution in [0.4, 0.5) is 10.6 Å². The predicted molar refractivity (Wildman–Crippen MR) is 113 cm³/mol. The maximum atomic E-state index is 12.2. The molecule has 0 radical (unpaired) electrons. The number of amides is 1. The minimum Gasteiger partial charge on any atom is -0.455 e. The van der Waals surface area contributed by atoms with Crippen LogP contribution in [0.1, 0.15) is 26.3 Å². The molecule has 0 spiro atoms. The van der Waals surface area contributed by atoms with Gasteiger partial charge in [0, 0.05) is 31.7 Å². The molecule has 0 atom stereocenters. The molecule has 158 valence electrons. The molecule has 0 bridgehead atoms. The van der Waals surface area contributed by atoms with Gasteiger partial charge in [-0.3, -0.25) is 9.78 Å². The average molecular weight is 431 g/mol. The van der Waals surface area contributed by atoms with Gasteiger partial charge in [-0.1, -0.05) is 23.4 Å². The van der Waals surface area contributed by atoms with E-state index in [1.54, 1.807) is 23.2 Å². The fourth-order valence-electron chi connectivity index (χ4n) is 2.92. The third kappa shape index (κ3) is 5.51. The number of fused-ring (bicyclic) bond motifs is 1. The number of ether oxygens (including phenoxy) is 2. The van der Waals surface area contributed by atoms with Gasteiger partial charge in [0.2, 0.25) is 0 Å². The molecular weight excluding hydrogens is 408 g/mol. The molecule has 1 aromatic carbocycles. The van der Waals surface area contributed by atoms with Crippen LogP contribution in [0.15, 0.2) is 18.3 Å². The van der Waals surface area contributed by atoms with Crippen LogP contribution in [0.3, 0.4) is 0 Å². The third-order valence-corrected chi connectivity index (χ3v) is 4.63. The van der Waals surface area contributed by atoms with Crippen LogP contribution in [0.2, 0.25) is 5.02 Å². The average Bonchev–Trinajstić information content (AvgIpc) is 2.70. The maximum absolute atomic E-state index is 12.2. The second-order valence-electron chi connectivity index (χ2n) is 7.71. The lowest BCUT2D eigenvalue weighted by molar-refractivity contribution is -0.127. The number of hydrogen-bond donors (Lipinski definition) is 0. The number of hydrogen-bond acceptors (Lipinski definition) is 7. The highest BCUT2D eigenvalue weighted by molar-refractivity contribution is 6.32. The van der Waals surface area contributed by atoms with Gasteiger partial charge in [-0.2, -0.15) is 0 Å². The van der Waals surface area contributed by atoms with Crippen LogP contribution >= 0.6 is 11.6 Å². The Morgan fingerprint density at radius 2 is 1.97 bits per heavy atom. The molecule has 8 nitrogen and oxygen atoms in total. The molecular formula is C21H23ClN4O4. The van der Waals surface area contributed by atoms with Gasteiger partial charge in [0.25, 0.3) is 6.47 Å². The molecule has 2 aromatic rings. The standard InChI is InChI=1S/C21H23ClN4O4/c1-21(2,3)30-20(28)26-8-6-25(7-9-26)19-13-23-17-11-15(5-4-10-29-14-27)16(22)12-18(17)24-19/h11-14H,6-10H2,1-3H3. The van der Waals surface area contributed by atoms with Crippen LogP contribution in [-0.2, 0) is 14.3 Å². The molecule has 1 aliphatic heterocycles. The SMILES string of the molecule is CC(C)(C)OC(=O)N1CCN(c2cnc3cc(C#CCOC=O)c(Cl)cc3n2)CC1. The molecule has 1 amide bonds. The summed E-state index contributed by atoms with van der Waals surface area (Å²) in [6, 6.07) is 3.47. The number of rotatable bonds is 3. The maximum Gasteiger partial charge on any atom is 0.410 e. The number of halogens is 1. The molecule has 0 N–H and O–H groups in total. The summed E-state index contributed by atoms with van der Waals surface area (Å²) in [4.78, 5) is 35.3. The fourth-order valence-corrected chi connectivity index (χ4v) is 3.13. The van der Waals surface area contributed by atoms with Crippen molar-refractivity contribution >= 4 is 41.0 Å². The molecule has 1 aromatic heterocycles. The third-order valence-electron chi connectivity index (χ3n) is 4.32. The van der Waals surface area contributed by atoms with E-state index in [0.29, 0.717) is 54.3 Å². The minimum atomic E-state index is -0.512. The fraction of sp³-hybridized carbons (Fsp3) is 0.429. The van der Waals surface area contributed by atoms with Crippen molar-refractivity contribution < 1.29 is 19.1 Å². The Morgan fingerprint density at radius 1 is 1.23 bits per heavy atom. The van der Waals surface area contributed by atoms with Gasteiger partial charge < -0.3 is 19.3 Å². The van der Waals surface area contributed by atoms with E-state index in [1.807, 2.05) is 20.8 Å². The van der Waals surface area contributed by atoms with Crippen molar-refractivity contribution in [1.29, 1.82) is 0 Å². The summed E-state index contributed by atoms with van der Waals surface area (Å²) in [7, 11) is 0. The highest BCUT2D eigenvalue weighted by Crippen LogP contribution is 2.24. The van der Waals surface area contributed by atoms with Gasteiger partial charge in [-0.15, -0.1) is 0 Å².